The monoisotopic (exact) mass is 321 g/mol. The van der Waals surface area contributed by atoms with Gasteiger partial charge in [-0.1, -0.05) is 19.1 Å². The first kappa shape index (κ1) is 15.2. The summed E-state index contributed by atoms with van der Waals surface area (Å²) in [7, 11) is 0. The lowest BCUT2D eigenvalue weighted by Gasteiger charge is -2.35. The Kier molecular flexibility index (Phi) is 5.11. The van der Waals surface area contributed by atoms with Gasteiger partial charge in [0.1, 0.15) is 0 Å². The van der Waals surface area contributed by atoms with Gasteiger partial charge >= 0.3 is 0 Å². The fraction of sp³-hybridized carbons (Fsp3) is 0.529. The third-order valence-electron chi connectivity index (χ3n) is 4.35. The van der Waals surface area contributed by atoms with Crippen molar-refractivity contribution in [2.45, 2.75) is 32.2 Å². The van der Waals surface area contributed by atoms with Crippen molar-refractivity contribution in [3.05, 3.63) is 44.8 Å². The van der Waals surface area contributed by atoms with E-state index in [9.17, 15) is 0 Å². The molecule has 3 rings (SSSR count). The summed E-state index contributed by atoms with van der Waals surface area (Å²) in [6.07, 6.45) is 3.41. The minimum atomic E-state index is 0.378. The number of hydrogen-bond acceptors (Lipinski definition) is 4. The van der Waals surface area contributed by atoms with Gasteiger partial charge in [0, 0.05) is 42.0 Å². The maximum absolute atomic E-state index is 5.51. The van der Waals surface area contributed by atoms with Crippen LogP contribution in [0, 0.1) is 5.41 Å². The Hall–Kier alpha value is -0.680. The van der Waals surface area contributed by atoms with Crippen LogP contribution in [0.2, 0.25) is 0 Å². The van der Waals surface area contributed by atoms with Crippen molar-refractivity contribution in [1.29, 1.82) is 0 Å². The highest BCUT2D eigenvalue weighted by Crippen LogP contribution is 2.31. The van der Waals surface area contributed by atoms with Crippen LogP contribution in [0.15, 0.2) is 35.0 Å². The molecule has 2 aromatic rings. The highest BCUT2D eigenvalue weighted by atomic mass is 32.1. The van der Waals surface area contributed by atoms with Crippen LogP contribution >= 0.6 is 22.7 Å². The molecule has 0 aliphatic carbocycles. The van der Waals surface area contributed by atoms with E-state index in [0.717, 1.165) is 39.0 Å². The summed E-state index contributed by atoms with van der Waals surface area (Å²) in [5.41, 5.74) is 0.378. The molecule has 1 unspecified atom stereocenters. The third kappa shape index (κ3) is 4.16. The molecule has 114 valence electrons. The topological polar surface area (TPSA) is 21.3 Å². The van der Waals surface area contributed by atoms with E-state index in [1.165, 1.54) is 9.75 Å². The minimum absolute atomic E-state index is 0.378. The lowest BCUT2D eigenvalue weighted by atomic mass is 9.82. The summed E-state index contributed by atoms with van der Waals surface area (Å²) >= 11 is 3.71. The molecule has 0 spiro atoms. The minimum Gasteiger partial charge on any atom is -0.381 e. The zero-order valence-electron chi connectivity index (χ0n) is 12.5. The van der Waals surface area contributed by atoms with Gasteiger partial charge in [0.25, 0.3) is 0 Å². The number of thiophene rings is 2. The molecule has 1 aliphatic heterocycles. The number of ether oxygens (including phenoxy) is 1. The average molecular weight is 322 g/mol. The van der Waals surface area contributed by atoms with Gasteiger partial charge in [0.2, 0.25) is 0 Å². The fourth-order valence-electron chi connectivity index (χ4n) is 2.80. The van der Waals surface area contributed by atoms with E-state index in [-0.39, 0.29) is 0 Å². The fourth-order valence-corrected chi connectivity index (χ4v) is 4.36. The summed E-state index contributed by atoms with van der Waals surface area (Å²) in [4.78, 5) is 2.90. The second-order valence-electron chi connectivity index (χ2n) is 6.16. The van der Waals surface area contributed by atoms with Crippen LogP contribution in [0.4, 0.5) is 0 Å². The van der Waals surface area contributed by atoms with Gasteiger partial charge in [-0.2, -0.15) is 0 Å². The van der Waals surface area contributed by atoms with Crippen LogP contribution in [-0.2, 0) is 11.2 Å². The Balaban J connectivity index is 1.64. The molecule has 0 amide bonds. The molecule has 1 saturated heterocycles. The van der Waals surface area contributed by atoms with E-state index in [1.807, 2.05) is 22.7 Å². The molecule has 1 atom stereocenters. The van der Waals surface area contributed by atoms with Gasteiger partial charge in [0.15, 0.2) is 0 Å². The van der Waals surface area contributed by atoms with Crippen molar-refractivity contribution >= 4 is 22.7 Å². The zero-order valence-corrected chi connectivity index (χ0v) is 14.1. The molecule has 0 radical (unpaired) electrons. The standard InChI is InChI=1S/C17H23NOS2/c1-17(6-8-19-9-7-17)13-18-15(16-5-3-11-21-16)12-14-4-2-10-20-14/h2-5,10-11,15,18H,6-9,12-13H2,1H3. The maximum atomic E-state index is 5.51. The second-order valence-corrected chi connectivity index (χ2v) is 8.17. The lowest BCUT2D eigenvalue weighted by Crippen LogP contribution is -2.38. The summed E-state index contributed by atoms with van der Waals surface area (Å²) in [5.74, 6) is 0. The predicted octanol–water partition coefficient (Wildman–Crippen LogP) is 4.50. The summed E-state index contributed by atoms with van der Waals surface area (Å²) in [6, 6.07) is 9.22. The SMILES string of the molecule is CC1(CNC(Cc2cccs2)c2cccs2)CCOCC1. The van der Waals surface area contributed by atoms with Crippen LogP contribution < -0.4 is 5.32 Å². The molecule has 0 aromatic carbocycles. The first-order valence-electron chi connectivity index (χ1n) is 7.62. The van der Waals surface area contributed by atoms with Crippen molar-refractivity contribution in [3.8, 4) is 0 Å². The zero-order chi connectivity index (χ0) is 14.5. The van der Waals surface area contributed by atoms with Gasteiger partial charge in [-0.05, 0) is 41.1 Å². The number of hydrogen-bond donors (Lipinski definition) is 1. The van der Waals surface area contributed by atoms with E-state index < -0.39 is 0 Å². The van der Waals surface area contributed by atoms with Crippen molar-refractivity contribution in [2.24, 2.45) is 5.41 Å². The normalized spacial score (nSPS) is 19.5. The van der Waals surface area contributed by atoms with E-state index in [0.29, 0.717) is 11.5 Å². The molecule has 0 saturated carbocycles. The van der Waals surface area contributed by atoms with E-state index in [2.05, 4.69) is 47.3 Å². The Morgan fingerprint density at radius 2 is 1.95 bits per heavy atom. The molecule has 21 heavy (non-hydrogen) atoms. The van der Waals surface area contributed by atoms with Gasteiger partial charge in [-0.25, -0.2) is 0 Å². The van der Waals surface area contributed by atoms with E-state index in [1.54, 1.807) is 0 Å². The van der Waals surface area contributed by atoms with Crippen LogP contribution in [0.1, 0.15) is 35.6 Å². The molecular formula is C17H23NOS2. The molecule has 1 N–H and O–H groups in total. The number of rotatable bonds is 6. The van der Waals surface area contributed by atoms with Crippen LogP contribution in [0.3, 0.4) is 0 Å². The maximum Gasteiger partial charge on any atom is 0.0471 e. The first-order chi connectivity index (χ1) is 10.3. The van der Waals surface area contributed by atoms with Gasteiger partial charge in [-0.15, -0.1) is 22.7 Å². The molecule has 0 bridgehead atoms. The second kappa shape index (κ2) is 7.05. The third-order valence-corrected chi connectivity index (χ3v) is 6.23. The van der Waals surface area contributed by atoms with Gasteiger partial charge in [0.05, 0.1) is 0 Å². The first-order valence-corrected chi connectivity index (χ1v) is 9.38. The molecule has 1 aliphatic rings. The number of nitrogens with one attached hydrogen (secondary N) is 1. The van der Waals surface area contributed by atoms with Crippen molar-refractivity contribution in [1.82, 2.24) is 5.32 Å². The molecule has 2 nitrogen and oxygen atoms in total. The van der Waals surface area contributed by atoms with Gasteiger partial charge < -0.3 is 10.1 Å². The Morgan fingerprint density at radius 1 is 1.19 bits per heavy atom. The summed E-state index contributed by atoms with van der Waals surface area (Å²) < 4.78 is 5.51. The Labute approximate surface area is 135 Å². The van der Waals surface area contributed by atoms with Crippen molar-refractivity contribution < 1.29 is 4.74 Å². The molecule has 2 aromatic heterocycles. The van der Waals surface area contributed by atoms with Crippen LogP contribution in [-0.4, -0.2) is 19.8 Å². The van der Waals surface area contributed by atoms with Crippen LogP contribution in [0.5, 0.6) is 0 Å². The molecule has 1 fully saturated rings. The van der Waals surface area contributed by atoms with E-state index in [4.69, 9.17) is 4.74 Å². The predicted molar refractivity (Wildman–Crippen MR) is 91.2 cm³/mol. The molecular weight excluding hydrogens is 298 g/mol. The smallest absolute Gasteiger partial charge is 0.0471 e. The van der Waals surface area contributed by atoms with E-state index >= 15 is 0 Å². The average Bonchev–Trinajstić information content (AvgIpc) is 3.17. The highest BCUT2D eigenvalue weighted by molar-refractivity contribution is 7.10. The van der Waals surface area contributed by atoms with Crippen LogP contribution in [0.25, 0.3) is 0 Å². The molecule has 4 heteroatoms. The lowest BCUT2D eigenvalue weighted by molar-refractivity contribution is 0.0229. The Morgan fingerprint density at radius 3 is 2.62 bits per heavy atom. The van der Waals surface area contributed by atoms with Crippen molar-refractivity contribution in [3.63, 3.8) is 0 Å². The highest BCUT2D eigenvalue weighted by Gasteiger charge is 2.28. The quantitative estimate of drug-likeness (QED) is 0.846. The van der Waals surface area contributed by atoms with Gasteiger partial charge in [-0.3, -0.25) is 0 Å². The largest absolute Gasteiger partial charge is 0.381 e. The summed E-state index contributed by atoms with van der Waals surface area (Å²) in [5, 5.41) is 8.17. The van der Waals surface area contributed by atoms with Crippen molar-refractivity contribution in [2.75, 3.05) is 19.8 Å². The summed E-state index contributed by atoms with van der Waals surface area (Å²) in [6.45, 7) is 5.28. The molecule has 3 heterocycles. The Bertz CT molecular complexity index is 515.